The molecule has 2 saturated heterocycles. The van der Waals surface area contributed by atoms with Crippen molar-refractivity contribution in [1.82, 2.24) is 15.5 Å². The molecule has 1 aromatic carbocycles. The molecule has 0 saturated carbocycles. The minimum atomic E-state index is 0. The molecule has 0 spiro atoms. The number of guanidine groups is 1. The van der Waals surface area contributed by atoms with Crippen LogP contribution in [0.25, 0.3) is 0 Å². The first kappa shape index (κ1) is 27.3. The fourth-order valence-corrected chi connectivity index (χ4v) is 4.88. The zero-order valence-corrected chi connectivity index (χ0v) is 22.9. The third-order valence-corrected chi connectivity index (χ3v) is 6.43. The van der Waals surface area contributed by atoms with E-state index >= 15 is 0 Å². The molecular weight excluding hydrogens is 515 g/mol. The van der Waals surface area contributed by atoms with Gasteiger partial charge in [-0.15, -0.1) is 24.0 Å². The van der Waals surface area contributed by atoms with Gasteiger partial charge in [0.25, 0.3) is 0 Å². The summed E-state index contributed by atoms with van der Waals surface area (Å²) in [5, 5.41) is 7.17. The van der Waals surface area contributed by atoms with Gasteiger partial charge >= 0.3 is 0 Å². The molecule has 3 unspecified atom stereocenters. The monoisotopic (exact) mass is 558 g/mol. The Kier molecular flexibility index (Phi) is 11.2. The fourth-order valence-electron chi connectivity index (χ4n) is 4.88. The minimum absolute atomic E-state index is 0. The van der Waals surface area contributed by atoms with Crippen LogP contribution in [0.4, 0.5) is 0 Å². The third kappa shape index (κ3) is 7.85. The molecule has 2 heterocycles. The summed E-state index contributed by atoms with van der Waals surface area (Å²) in [6, 6.07) is 9.14. The summed E-state index contributed by atoms with van der Waals surface area (Å²) < 4.78 is 11.7. The lowest BCUT2D eigenvalue weighted by Crippen LogP contribution is -2.49. The van der Waals surface area contributed by atoms with Crippen molar-refractivity contribution in [3.63, 3.8) is 0 Å². The number of ether oxygens (including phenoxy) is 2. The van der Waals surface area contributed by atoms with Gasteiger partial charge in [0.15, 0.2) is 5.96 Å². The van der Waals surface area contributed by atoms with Crippen molar-refractivity contribution in [3.8, 4) is 0 Å². The predicted octanol–water partition coefficient (Wildman–Crippen LogP) is 3.99. The van der Waals surface area contributed by atoms with E-state index in [9.17, 15) is 0 Å². The Labute approximate surface area is 211 Å². The van der Waals surface area contributed by atoms with E-state index in [1.165, 1.54) is 17.5 Å². The van der Waals surface area contributed by atoms with Crippen LogP contribution in [-0.4, -0.2) is 70.0 Å². The van der Waals surface area contributed by atoms with E-state index in [0.29, 0.717) is 12.0 Å². The average Bonchev–Trinajstić information content (AvgIpc) is 2.76. The second-order valence-electron chi connectivity index (χ2n) is 9.97. The molecule has 0 aromatic heterocycles. The van der Waals surface area contributed by atoms with Crippen molar-refractivity contribution < 1.29 is 9.47 Å². The Hall–Kier alpha value is -0.900. The number of nitrogens with zero attached hydrogens (tertiary/aromatic N) is 2. The maximum Gasteiger partial charge on any atom is 0.191 e. The van der Waals surface area contributed by atoms with Gasteiger partial charge in [0.2, 0.25) is 0 Å². The Balaban J connectivity index is 0.00000363. The van der Waals surface area contributed by atoms with Crippen LogP contribution in [0.1, 0.15) is 50.8 Å². The van der Waals surface area contributed by atoms with Crippen LogP contribution in [0, 0.1) is 18.3 Å². The molecule has 32 heavy (non-hydrogen) atoms. The van der Waals surface area contributed by atoms with Gasteiger partial charge in [-0.05, 0) is 30.7 Å². The van der Waals surface area contributed by atoms with Crippen molar-refractivity contribution in [2.24, 2.45) is 16.3 Å². The van der Waals surface area contributed by atoms with E-state index in [2.05, 4.69) is 72.5 Å². The number of morpholine rings is 1. The maximum atomic E-state index is 6.15. The molecule has 7 heteroatoms. The van der Waals surface area contributed by atoms with Gasteiger partial charge in [-0.3, -0.25) is 9.89 Å². The summed E-state index contributed by atoms with van der Waals surface area (Å²) in [5.74, 6) is 1.36. The molecule has 0 radical (unpaired) electrons. The Morgan fingerprint density at radius 2 is 1.94 bits per heavy atom. The van der Waals surface area contributed by atoms with Crippen molar-refractivity contribution >= 4 is 29.9 Å². The standard InChI is InChI=1S/C25H42N4O2.HI/c1-19-8-6-9-20(16-19)22(29-11-14-30-15-12-29)18-28-24(26-5)27-17-21-10-7-13-31-23(21)25(2,3)4;/h6,8-9,16,21-23H,7,10-15,17-18H2,1-5H3,(H2,26,27,28);1H. The minimum Gasteiger partial charge on any atom is -0.379 e. The van der Waals surface area contributed by atoms with Crippen LogP contribution < -0.4 is 10.6 Å². The molecule has 0 bridgehead atoms. The summed E-state index contributed by atoms with van der Waals surface area (Å²) in [5.41, 5.74) is 2.79. The van der Waals surface area contributed by atoms with Crippen LogP contribution in [0.3, 0.4) is 0 Å². The molecule has 2 fully saturated rings. The number of hydrogen-bond donors (Lipinski definition) is 2. The maximum absolute atomic E-state index is 6.15. The lowest BCUT2D eigenvalue weighted by Gasteiger charge is -2.40. The van der Waals surface area contributed by atoms with Crippen LogP contribution >= 0.6 is 24.0 Å². The first-order valence-corrected chi connectivity index (χ1v) is 11.8. The second kappa shape index (κ2) is 13.1. The molecule has 0 amide bonds. The molecule has 6 nitrogen and oxygen atoms in total. The Morgan fingerprint density at radius 3 is 2.59 bits per heavy atom. The first-order chi connectivity index (χ1) is 14.9. The SMILES string of the molecule is CN=C(NCC1CCCOC1C(C)(C)C)NCC(c1cccc(C)c1)N1CCOCC1.I. The smallest absolute Gasteiger partial charge is 0.191 e. The van der Waals surface area contributed by atoms with Gasteiger partial charge < -0.3 is 20.1 Å². The summed E-state index contributed by atoms with van der Waals surface area (Å²) >= 11 is 0. The first-order valence-electron chi connectivity index (χ1n) is 11.8. The van der Waals surface area contributed by atoms with Gasteiger partial charge in [0.05, 0.1) is 25.4 Å². The number of halogens is 1. The molecule has 3 atom stereocenters. The number of hydrogen-bond acceptors (Lipinski definition) is 4. The van der Waals surface area contributed by atoms with E-state index < -0.39 is 0 Å². The van der Waals surface area contributed by atoms with E-state index in [-0.39, 0.29) is 35.5 Å². The summed E-state index contributed by atoms with van der Waals surface area (Å²) in [6.07, 6.45) is 2.61. The number of nitrogens with one attached hydrogen (secondary N) is 2. The largest absolute Gasteiger partial charge is 0.379 e. The number of benzene rings is 1. The normalized spacial score (nSPS) is 23.8. The van der Waals surface area contributed by atoms with Gasteiger partial charge in [0.1, 0.15) is 0 Å². The zero-order chi connectivity index (χ0) is 22.3. The van der Waals surface area contributed by atoms with Gasteiger partial charge in [-0.2, -0.15) is 0 Å². The molecule has 0 aliphatic carbocycles. The molecule has 2 N–H and O–H groups in total. The molecule has 1 aromatic rings. The van der Waals surface area contributed by atoms with Crippen LogP contribution in [0.5, 0.6) is 0 Å². The van der Waals surface area contributed by atoms with Crippen LogP contribution in [0.15, 0.2) is 29.3 Å². The van der Waals surface area contributed by atoms with E-state index in [0.717, 1.165) is 58.4 Å². The number of aryl methyl sites for hydroxylation is 1. The summed E-state index contributed by atoms with van der Waals surface area (Å²) in [6.45, 7) is 15.1. The Morgan fingerprint density at radius 1 is 1.19 bits per heavy atom. The fraction of sp³-hybridized carbons (Fsp3) is 0.720. The molecule has 2 aliphatic heterocycles. The van der Waals surface area contributed by atoms with E-state index in [1.54, 1.807) is 0 Å². The topological polar surface area (TPSA) is 58.1 Å². The molecule has 3 rings (SSSR count). The predicted molar refractivity (Wildman–Crippen MR) is 143 cm³/mol. The van der Waals surface area contributed by atoms with Gasteiger partial charge in [-0.25, -0.2) is 0 Å². The quantitative estimate of drug-likeness (QED) is 0.314. The lowest BCUT2D eigenvalue weighted by molar-refractivity contribution is -0.0835. The highest BCUT2D eigenvalue weighted by Crippen LogP contribution is 2.33. The highest BCUT2D eigenvalue weighted by atomic mass is 127. The van der Waals surface area contributed by atoms with Crippen molar-refractivity contribution in [2.45, 2.75) is 52.7 Å². The van der Waals surface area contributed by atoms with Crippen molar-refractivity contribution in [1.29, 1.82) is 0 Å². The summed E-state index contributed by atoms with van der Waals surface area (Å²) in [4.78, 5) is 7.02. The van der Waals surface area contributed by atoms with Gasteiger partial charge in [-0.1, -0.05) is 50.6 Å². The Bertz CT molecular complexity index is 716. The van der Waals surface area contributed by atoms with Crippen LogP contribution in [0.2, 0.25) is 0 Å². The molecular formula is C25H43IN4O2. The number of rotatable bonds is 6. The molecule has 182 valence electrons. The van der Waals surface area contributed by atoms with E-state index in [4.69, 9.17) is 9.47 Å². The molecule has 2 aliphatic rings. The van der Waals surface area contributed by atoms with Crippen LogP contribution in [-0.2, 0) is 9.47 Å². The highest BCUT2D eigenvalue weighted by Gasteiger charge is 2.35. The number of aliphatic imine (C=N–C) groups is 1. The summed E-state index contributed by atoms with van der Waals surface area (Å²) in [7, 11) is 1.85. The zero-order valence-electron chi connectivity index (χ0n) is 20.5. The highest BCUT2D eigenvalue weighted by molar-refractivity contribution is 14.0. The average molecular weight is 559 g/mol. The van der Waals surface area contributed by atoms with E-state index in [1.807, 2.05) is 7.05 Å². The second-order valence-corrected chi connectivity index (χ2v) is 9.97. The van der Waals surface area contributed by atoms with Crippen molar-refractivity contribution in [2.75, 3.05) is 53.0 Å². The van der Waals surface area contributed by atoms with Gasteiger partial charge in [0, 0.05) is 45.8 Å². The van der Waals surface area contributed by atoms with Crippen molar-refractivity contribution in [3.05, 3.63) is 35.4 Å². The lowest BCUT2D eigenvalue weighted by atomic mass is 9.78. The third-order valence-electron chi connectivity index (χ3n) is 6.43.